The Morgan fingerprint density at radius 1 is 0.467 bits per heavy atom. The van der Waals surface area contributed by atoms with E-state index in [9.17, 15) is 20.4 Å². The number of hydrogen-bond acceptors (Lipinski definition) is 11. The Labute approximate surface area is 370 Å². The Kier molecular flexibility index (Phi) is 26.1. The standard InChI is InChI=1S/2C10H10N2O.2C10H9N2O.2CH4O.CH3O.2Mn/c4*1-7-6-9(12-11-7)8-4-2-3-5-10(8)13;3*1-2;;/h2*2-6,13H,1H3,(H,11,12);2*2-6H,1H3,(H-,11,12,13);2*2H,1H3;1H3;;/q;;2*-1;;;-1;;+3/p-4. The number of benzene rings is 4. The molecule has 17 heteroatoms. The molecule has 0 unspecified atom stereocenters. The van der Waals surface area contributed by atoms with E-state index < -0.39 is 0 Å². The quantitative estimate of drug-likeness (QED) is 0.185. The molecular formula is C43H45Mn2N8O7-4. The predicted molar refractivity (Wildman–Crippen MR) is 213 cm³/mol. The summed E-state index contributed by atoms with van der Waals surface area (Å²) in [6.45, 7) is 7.52. The van der Waals surface area contributed by atoms with E-state index in [1.165, 1.54) is 12.1 Å². The van der Waals surface area contributed by atoms with Crippen LogP contribution in [0.2, 0.25) is 0 Å². The molecule has 0 saturated carbocycles. The molecule has 4 N–H and O–H groups in total. The number of hydrogen-bond donors (Lipinski definition) is 4. The van der Waals surface area contributed by atoms with Gasteiger partial charge < -0.3 is 56.1 Å². The Bertz CT molecular complexity index is 2030. The van der Waals surface area contributed by atoms with Crippen LogP contribution >= 0.6 is 0 Å². The number of aromatic nitrogens is 8. The first kappa shape index (κ1) is 53.8. The van der Waals surface area contributed by atoms with Gasteiger partial charge in [0.1, 0.15) is 0 Å². The summed E-state index contributed by atoms with van der Waals surface area (Å²) >= 11 is 0. The van der Waals surface area contributed by atoms with Crippen LogP contribution in [0.3, 0.4) is 0 Å². The van der Waals surface area contributed by atoms with Gasteiger partial charge in [-0.1, -0.05) is 133 Å². The SMILES string of the molecule is CO.CO.C[O-].Cc1cc(-c2ccccc2[O-])[n-]n1.Cc1cc(-c2ccccc2[O-])n[n-]1.Cc1cc(-c2ccccc2[O-])n[nH]1.Cc1cc(-c2ccccc2[O-])n[nH]1.[Mn+3].[Mn]. The van der Waals surface area contributed by atoms with Gasteiger partial charge in [-0.15, -0.1) is 17.1 Å². The molecule has 0 saturated heterocycles. The topological polar surface area (TPSA) is 267 Å². The van der Waals surface area contributed by atoms with E-state index >= 15 is 0 Å². The second-order valence-electron chi connectivity index (χ2n) is 11.6. The molecular weight excluding hydrogens is 850 g/mol. The third kappa shape index (κ3) is 16.6. The van der Waals surface area contributed by atoms with Crippen LogP contribution in [0.1, 0.15) is 22.8 Å². The van der Waals surface area contributed by atoms with Crippen molar-refractivity contribution in [1.82, 2.24) is 40.8 Å². The van der Waals surface area contributed by atoms with Crippen LogP contribution in [0.25, 0.3) is 45.0 Å². The van der Waals surface area contributed by atoms with Gasteiger partial charge in [0, 0.05) is 54.1 Å². The van der Waals surface area contributed by atoms with Crippen molar-refractivity contribution in [2.45, 2.75) is 27.7 Å². The zero-order valence-corrected chi connectivity index (χ0v) is 36.3. The number of aliphatic hydroxyl groups excluding tert-OH is 2. The number of rotatable bonds is 4. The third-order valence-corrected chi connectivity index (χ3v) is 7.39. The van der Waals surface area contributed by atoms with Gasteiger partial charge in [-0.3, -0.25) is 10.2 Å². The summed E-state index contributed by atoms with van der Waals surface area (Å²) in [7, 11) is 2.75. The molecule has 60 heavy (non-hydrogen) atoms. The van der Waals surface area contributed by atoms with Crippen molar-refractivity contribution in [2.24, 2.45) is 0 Å². The number of aryl methyl sites for hydroxylation is 4. The van der Waals surface area contributed by atoms with Gasteiger partial charge in [0.05, 0.1) is 11.4 Å². The molecule has 0 amide bonds. The van der Waals surface area contributed by atoms with E-state index in [0.717, 1.165) is 44.1 Å². The van der Waals surface area contributed by atoms with Gasteiger partial charge in [0.2, 0.25) is 0 Å². The van der Waals surface area contributed by atoms with Gasteiger partial charge in [0.25, 0.3) is 0 Å². The molecule has 0 spiro atoms. The van der Waals surface area contributed by atoms with Crippen LogP contribution in [0.5, 0.6) is 23.0 Å². The van der Waals surface area contributed by atoms with Crippen LogP contribution < -0.4 is 35.7 Å². The summed E-state index contributed by atoms with van der Waals surface area (Å²) in [5, 5.41) is 96.9. The molecule has 4 heterocycles. The zero-order valence-electron chi connectivity index (χ0n) is 33.9. The molecule has 0 bridgehead atoms. The fraction of sp³-hybridized carbons (Fsp3) is 0.163. The van der Waals surface area contributed by atoms with Crippen LogP contribution in [0.4, 0.5) is 0 Å². The summed E-state index contributed by atoms with van der Waals surface area (Å²) in [4.78, 5) is 0. The minimum atomic E-state index is -0.0117. The van der Waals surface area contributed by atoms with Crippen molar-refractivity contribution in [1.29, 1.82) is 0 Å². The maximum absolute atomic E-state index is 11.4. The molecule has 0 aliphatic heterocycles. The monoisotopic (exact) mass is 895 g/mol. The first-order valence-corrected chi connectivity index (χ1v) is 17.4. The van der Waals surface area contributed by atoms with Gasteiger partial charge in [-0.2, -0.15) is 17.3 Å². The van der Waals surface area contributed by atoms with Gasteiger partial charge in [-0.25, -0.2) is 0 Å². The van der Waals surface area contributed by atoms with Crippen molar-refractivity contribution in [3.8, 4) is 68.0 Å². The smallest absolute Gasteiger partial charge is 0.872 e. The fourth-order valence-corrected chi connectivity index (χ4v) is 4.86. The number of aromatic amines is 2. The van der Waals surface area contributed by atoms with Crippen molar-refractivity contribution >= 4 is 0 Å². The Morgan fingerprint density at radius 3 is 1.10 bits per heavy atom. The predicted octanol–water partition coefficient (Wildman–Crippen LogP) is 3.28. The van der Waals surface area contributed by atoms with E-state index in [1.54, 1.807) is 72.8 Å². The van der Waals surface area contributed by atoms with E-state index in [0.29, 0.717) is 45.0 Å². The fourth-order valence-electron chi connectivity index (χ4n) is 4.86. The van der Waals surface area contributed by atoms with Gasteiger partial charge in [0.15, 0.2) is 0 Å². The first-order valence-electron chi connectivity index (χ1n) is 17.4. The molecule has 8 aromatic rings. The number of nitrogens with one attached hydrogen (secondary N) is 2. The third-order valence-electron chi connectivity index (χ3n) is 7.39. The van der Waals surface area contributed by atoms with E-state index in [1.807, 2.05) is 64.1 Å². The van der Waals surface area contributed by atoms with E-state index in [-0.39, 0.29) is 57.1 Å². The van der Waals surface area contributed by atoms with E-state index in [2.05, 4.69) is 40.8 Å². The molecule has 0 aliphatic carbocycles. The number of nitrogens with zero attached hydrogens (tertiary/aromatic N) is 6. The molecule has 1 radical (unpaired) electrons. The minimum absolute atomic E-state index is 0. The second-order valence-corrected chi connectivity index (χ2v) is 11.6. The molecule has 0 atom stereocenters. The zero-order chi connectivity index (χ0) is 43.0. The van der Waals surface area contributed by atoms with Crippen molar-refractivity contribution in [3.63, 3.8) is 0 Å². The normalized spacial score (nSPS) is 9.17. The maximum Gasteiger partial charge on any atom is 3.00 e. The molecule has 8 rings (SSSR count). The Morgan fingerprint density at radius 2 is 0.817 bits per heavy atom. The molecule has 4 aromatic carbocycles. The van der Waals surface area contributed by atoms with Crippen molar-refractivity contribution in [2.75, 3.05) is 21.3 Å². The second kappa shape index (κ2) is 29.1. The average molecular weight is 896 g/mol. The molecule has 317 valence electrons. The molecule has 4 aromatic heterocycles. The number of aliphatic hydroxyl groups is 2. The molecule has 15 nitrogen and oxygen atoms in total. The maximum atomic E-state index is 11.4. The summed E-state index contributed by atoms with van der Waals surface area (Å²) < 4.78 is 0. The van der Waals surface area contributed by atoms with Crippen molar-refractivity contribution in [3.05, 3.63) is 144 Å². The average Bonchev–Trinajstić information content (AvgIpc) is 4.08. The van der Waals surface area contributed by atoms with Gasteiger partial charge in [-0.05, 0) is 55.2 Å². The minimum Gasteiger partial charge on any atom is -0.872 e. The number of H-pyrrole nitrogens is 2. The summed E-state index contributed by atoms with van der Waals surface area (Å²) in [6.07, 6.45) is 0. The van der Waals surface area contributed by atoms with Crippen LogP contribution in [0.15, 0.2) is 121 Å². The van der Waals surface area contributed by atoms with E-state index in [4.69, 9.17) is 15.3 Å². The van der Waals surface area contributed by atoms with Gasteiger partial charge >= 0.3 is 17.1 Å². The summed E-state index contributed by atoms with van der Waals surface area (Å²) in [5.41, 5.74) is 8.83. The number of para-hydroxylation sites is 4. The molecule has 0 fully saturated rings. The van der Waals surface area contributed by atoms with Crippen molar-refractivity contribution < 1.29 is 69.9 Å². The molecule has 0 aliphatic rings. The Balaban J connectivity index is 0.000000733. The van der Waals surface area contributed by atoms with Crippen LogP contribution in [-0.2, 0) is 34.1 Å². The summed E-state index contributed by atoms with van der Waals surface area (Å²) in [6, 6.07) is 34.7. The summed E-state index contributed by atoms with van der Waals surface area (Å²) in [5.74, 6) is -0.00667. The van der Waals surface area contributed by atoms with Crippen LogP contribution in [0, 0.1) is 27.7 Å². The Hall–Kier alpha value is -6.16. The largest absolute Gasteiger partial charge is 3.00 e. The van der Waals surface area contributed by atoms with Crippen LogP contribution in [-0.4, -0.2) is 62.1 Å². The first-order chi connectivity index (χ1) is 28.1.